The molecule has 0 aliphatic carbocycles. The van der Waals surface area contributed by atoms with Gasteiger partial charge in [0.05, 0.1) is 11.0 Å². The Morgan fingerprint density at radius 2 is 1.85 bits per heavy atom. The van der Waals surface area contributed by atoms with E-state index < -0.39 is 12.2 Å². The zero-order chi connectivity index (χ0) is 19.2. The van der Waals surface area contributed by atoms with Gasteiger partial charge in [0, 0.05) is 28.6 Å². The fourth-order valence-electron chi connectivity index (χ4n) is 2.67. The van der Waals surface area contributed by atoms with E-state index in [0.717, 1.165) is 0 Å². The number of imidazole rings is 1. The van der Waals surface area contributed by atoms with Crippen LogP contribution in [0.3, 0.4) is 0 Å². The van der Waals surface area contributed by atoms with E-state index in [1.807, 2.05) is 0 Å². The number of rotatable bonds is 3. The molecule has 4 aromatic rings. The van der Waals surface area contributed by atoms with Crippen molar-refractivity contribution in [2.75, 3.05) is 5.32 Å². The summed E-state index contributed by atoms with van der Waals surface area (Å²) in [5.74, 6) is -0.466. The van der Waals surface area contributed by atoms with Crippen molar-refractivity contribution in [3.63, 3.8) is 0 Å². The fourth-order valence-corrected chi connectivity index (χ4v) is 3.28. The van der Waals surface area contributed by atoms with Crippen LogP contribution in [0.15, 0.2) is 53.3 Å². The Kier molecular flexibility index (Phi) is 4.14. The lowest BCUT2D eigenvalue weighted by Gasteiger charge is -2.12. The molecule has 1 N–H and O–H groups in total. The van der Waals surface area contributed by atoms with E-state index in [1.165, 1.54) is 36.4 Å². The van der Waals surface area contributed by atoms with Gasteiger partial charge in [-0.1, -0.05) is 0 Å². The lowest BCUT2D eigenvalue weighted by Crippen LogP contribution is -2.17. The second-order valence-electron chi connectivity index (χ2n) is 5.53. The van der Waals surface area contributed by atoms with Gasteiger partial charge in [-0.05, 0) is 46.3 Å². The largest absolute Gasteiger partial charge is 0.573 e. The van der Waals surface area contributed by atoms with Gasteiger partial charge >= 0.3 is 6.36 Å². The summed E-state index contributed by atoms with van der Waals surface area (Å²) in [6.45, 7) is 0. The zero-order valence-corrected chi connectivity index (χ0v) is 14.8. The zero-order valence-electron chi connectivity index (χ0n) is 13.3. The SMILES string of the molecule is Fc1cc(Br)c2c(c1)nc(Nc1ccc(OC(F)(F)F)cc1)c1nccn12. The lowest BCUT2D eigenvalue weighted by molar-refractivity contribution is -0.274. The van der Waals surface area contributed by atoms with Gasteiger partial charge in [-0.2, -0.15) is 0 Å². The molecular weight excluding hydrogens is 432 g/mol. The van der Waals surface area contributed by atoms with Crippen molar-refractivity contribution in [1.82, 2.24) is 14.4 Å². The van der Waals surface area contributed by atoms with Crippen LogP contribution in [0.5, 0.6) is 5.75 Å². The van der Waals surface area contributed by atoms with Crippen LogP contribution >= 0.6 is 15.9 Å². The first-order valence-electron chi connectivity index (χ1n) is 7.55. The molecule has 0 aliphatic rings. The second kappa shape index (κ2) is 6.38. The smallest absolute Gasteiger partial charge is 0.406 e. The molecule has 2 aromatic carbocycles. The Labute approximate surface area is 157 Å². The number of benzene rings is 2. The van der Waals surface area contributed by atoms with Crippen molar-refractivity contribution in [3.8, 4) is 5.75 Å². The van der Waals surface area contributed by atoms with Crippen molar-refractivity contribution in [2.24, 2.45) is 0 Å². The number of aromatic nitrogens is 3. The van der Waals surface area contributed by atoms with Crippen LogP contribution in [0, 0.1) is 5.82 Å². The summed E-state index contributed by atoms with van der Waals surface area (Å²) in [4.78, 5) is 8.64. The maximum atomic E-state index is 13.7. The minimum absolute atomic E-state index is 0.328. The molecule has 0 bridgehead atoms. The monoisotopic (exact) mass is 440 g/mol. The highest BCUT2D eigenvalue weighted by Gasteiger charge is 2.31. The molecule has 0 atom stereocenters. The fraction of sp³-hybridized carbons (Fsp3) is 0.0588. The summed E-state index contributed by atoms with van der Waals surface area (Å²) in [7, 11) is 0. The van der Waals surface area contributed by atoms with E-state index in [9.17, 15) is 17.6 Å². The standard InChI is InChI=1S/C17H9BrF4N4O/c18-12-7-9(19)8-13-14(12)26-6-5-23-16(26)15(25-13)24-10-1-3-11(4-2-10)27-17(20,21)22/h1-8H,(H,24,25). The average Bonchev–Trinajstić information content (AvgIpc) is 3.04. The van der Waals surface area contributed by atoms with Gasteiger partial charge < -0.3 is 10.1 Å². The van der Waals surface area contributed by atoms with Crippen LogP contribution in [-0.2, 0) is 0 Å². The molecule has 0 aliphatic heterocycles. The first-order chi connectivity index (χ1) is 12.8. The molecule has 2 heterocycles. The van der Waals surface area contributed by atoms with Crippen molar-refractivity contribution >= 4 is 44.1 Å². The summed E-state index contributed by atoms with van der Waals surface area (Å²) >= 11 is 3.32. The second-order valence-corrected chi connectivity index (χ2v) is 6.39. The molecule has 138 valence electrons. The molecule has 27 heavy (non-hydrogen) atoms. The highest BCUT2D eigenvalue weighted by Crippen LogP contribution is 2.30. The Bertz CT molecular complexity index is 1140. The minimum atomic E-state index is -4.76. The quantitative estimate of drug-likeness (QED) is 0.431. The molecule has 0 saturated heterocycles. The molecule has 5 nitrogen and oxygen atoms in total. The number of anilines is 2. The molecule has 4 rings (SSSR count). The van der Waals surface area contributed by atoms with Gasteiger partial charge in [0.2, 0.25) is 0 Å². The maximum absolute atomic E-state index is 13.7. The lowest BCUT2D eigenvalue weighted by atomic mass is 10.2. The van der Waals surface area contributed by atoms with Crippen molar-refractivity contribution in [3.05, 3.63) is 59.1 Å². The van der Waals surface area contributed by atoms with Gasteiger partial charge in [0.25, 0.3) is 0 Å². The third-order valence-electron chi connectivity index (χ3n) is 3.68. The number of hydrogen-bond acceptors (Lipinski definition) is 4. The van der Waals surface area contributed by atoms with Crippen LogP contribution in [0.1, 0.15) is 0 Å². The molecule has 10 heteroatoms. The van der Waals surface area contributed by atoms with E-state index in [-0.39, 0.29) is 5.75 Å². The Morgan fingerprint density at radius 1 is 1.11 bits per heavy atom. The van der Waals surface area contributed by atoms with Gasteiger partial charge in [0.1, 0.15) is 11.6 Å². The van der Waals surface area contributed by atoms with Crippen molar-refractivity contribution < 1.29 is 22.3 Å². The number of fused-ring (bicyclic) bond motifs is 3. The molecular formula is C17H9BrF4N4O. The van der Waals surface area contributed by atoms with E-state index in [0.29, 0.717) is 32.7 Å². The minimum Gasteiger partial charge on any atom is -0.406 e. The maximum Gasteiger partial charge on any atom is 0.573 e. The van der Waals surface area contributed by atoms with E-state index in [4.69, 9.17) is 0 Å². The predicted octanol–water partition coefficient (Wildman–Crippen LogP) is 5.43. The third kappa shape index (κ3) is 3.52. The van der Waals surface area contributed by atoms with Crippen LogP contribution in [-0.4, -0.2) is 20.7 Å². The van der Waals surface area contributed by atoms with Crippen LogP contribution < -0.4 is 10.1 Å². The summed E-state index contributed by atoms with van der Waals surface area (Å²) in [6.07, 6.45) is -1.49. The molecule has 0 spiro atoms. The van der Waals surface area contributed by atoms with Crippen molar-refractivity contribution in [1.29, 1.82) is 0 Å². The number of halogens is 5. The molecule has 0 saturated carbocycles. The van der Waals surface area contributed by atoms with Gasteiger partial charge in [0.15, 0.2) is 11.5 Å². The predicted molar refractivity (Wildman–Crippen MR) is 94.6 cm³/mol. The molecule has 0 radical (unpaired) electrons. The van der Waals surface area contributed by atoms with Crippen LogP contribution in [0.4, 0.5) is 29.1 Å². The van der Waals surface area contributed by atoms with Crippen LogP contribution in [0.2, 0.25) is 0 Å². The van der Waals surface area contributed by atoms with Crippen LogP contribution in [0.25, 0.3) is 16.7 Å². The first-order valence-corrected chi connectivity index (χ1v) is 8.34. The number of nitrogens with zero attached hydrogens (tertiary/aromatic N) is 3. The Morgan fingerprint density at radius 3 is 2.56 bits per heavy atom. The van der Waals surface area contributed by atoms with E-state index in [2.05, 4.69) is 36.0 Å². The number of ether oxygens (including phenoxy) is 1. The molecule has 2 aromatic heterocycles. The molecule has 0 amide bonds. The summed E-state index contributed by atoms with van der Waals surface area (Å²) < 4.78 is 56.6. The summed E-state index contributed by atoms with van der Waals surface area (Å²) in [5.41, 5.74) is 1.97. The summed E-state index contributed by atoms with van der Waals surface area (Å²) in [6, 6.07) is 7.79. The normalized spacial score (nSPS) is 11.9. The van der Waals surface area contributed by atoms with Gasteiger partial charge in [-0.25, -0.2) is 14.4 Å². The third-order valence-corrected chi connectivity index (χ3v) is 4.29. The highest BCUT2D eigenvalue weighted by atomic mass is 79.9. The van der Waals surface area contributed by atoms with Gasteiger partial charge in [-0.15, -0.1) is 13.2 Å². The number of nitrogens with one attached hydrogen (secondary N) is 1. The topological polar surface area (TPSA) is 51.5 Å². The number of alkyl halides is 3. The van der Waals surface area contributed by atoms with Crippen molar-refractivity contribution in [2.45, 2.75) is 6.36 Å². The van der Waals surface area contributed by atoms with E-state index >= 15 is 0 Å². The average molecular weight is 441 g/mol. The molecule has 0 unspecified atom stereocenters. The Hall–Kier alpha value is -2.88. The highest BCUT2D eigenvalue weighted by molar-refractivity contribution is 9.10. The Balaban J connectivity index is 1.74. The first kappa shape index (κ1) is 17.5. The summed E-state index contributed by atoms with van der Waals surface area (Å²) in [5, 5.41) is 2.99. The molecule has 0 fully saturated rings. The van der Waals surface area contributed by atoms with E-state index in [1.54, 1.807) is 16.8 Å². The number of hydrogen-bond donors (Lipinski definition) is 1. The van der Waals surface area contributed by atoms with Gasteiger partial charge in [-0.3, -0.25) is 4.40 Å².